The van der Waals surface area contributed by atoms with Crippen molar-refractivity contribution in [3.05, 3.63) is 54.5 Å². The zero-order chi connectivity index (χ0) is 21.5. The minimum absolute atomic E-state index is 0.0382. The Morgan fingerprint density at radius 1 is 1.23 bits per heavy atom. The number of nitrogens with one attached hydrogen (secondary N) is 2. The SMILES string of the molecule is O=C(NCCCn1ccnc1)c1nnsc1NC(=O)N1CCCC[C@H]1c1cccnc1. The first-order valence-electron chi connectivity index (χ1n) is 10.3. The maximum absolute atomic E-state index is 13.0. The van der Waals surface area contributed by atoms with Gasteiger partial charge in [-0.3, -0.25) is 15.1 Å². The molecule has 0 aliphatic carbocycles. The van der Waals surface area contributed by atoms with Gasteiger partial charge < -0.3 is 14.8 Å². The molecule has 11 heteroatoms. The summed E-state index contributed by atoms with van der Waals surface area (Å²) in [6.45, 7) is 1.88. The van der Waals surface area contributed by atoms with Crippen LogP contribution in [-0.4, -0.2) is 54.0 Å². The van der Waals surface area contributed by atoms with Crippen LogP contribution in [-0.2, 0) is 6.54 Å². The van der Waals surface area contributed by atoms with Crippen LogP contribution >= 0.6 is 11.5 Å². The Morgan fingerprint density at radius 3 is 2.97 bits per heavy atom. The van der Waals surface area contributed by atoms with Gasteiger partial charge in [0.25, 0.3) is 5.91 Å². The van der Waals surface area contributed by atoms with Crippen molar-refractivity contribution in [1.29, 1.82) is 0 Å². The number of imidazole rings is 1. The molecule has 0 saturated carbocycles. The summed E-state index contributed by atoms with van der Waals surface area (Å²) >= 11 is 0.999. The van der Waals surface area contributed by atoms with Gasteiger partial charge in [0.05, 0.1) is 12.4 Å². The van der Waals surface area contributed by atoms with Gasteiger partial charge in [0, 0.05) is 56.0 Å². The summed E-state index contributed by atoms with van der Waals surface area (Å²) < 4.78 is 5.81. The highest BCUT2D eigenvalue weighted by atomic mass is 32.1. The fraction of sp³-hybridized carbons (Fsp3) is 0.400. The van der Waals surface area contributed by atoms with Crippen LogP contribution in [0.4, 0.5) is 9.80 Å². The number of amides is 3. The van der Waals surface area contributed by atoms with Crippen molar-refractivity contribution in [2.24, 2.45) is 0 Å². The Morgan fingerprint density at radius 2 is 2.16 bits per heavy atom. The van der Waals surface area contributed by atoms with Gasteiger partial charge in [-0.05, 0) is 37.3 Å². The average molecular weight is 441 g/mol. The first-order chi connectivity index (χ1) is 15.2. The van der Waals surface area contributed by atoms with Gasteiger partial charge in [-0.25, -0.2) is 9.78 Å². The molecule has 10 nitrogen and oxygen atoms in total. The lowest BCUT2D eigenvalue weighted by molar-refractivity contribution is 0.0948. The van der Waals surface area contributed by atoms with Crippen LogP contribution in [0, 0.1) is 0 Å². The predicted octanol–water partition coefficient (Wildman–Crippen LogP) is 2.71. The van der Waals surface area contributed by atoms with Crippen LogP contribution in [0.15, 0.2) is 43.2 Å². The van der Waals surface area contributed by atoms with Crippen molar-refractivity contribution >= 4 is 28.5 Å². The number of carbonyl (C=O) groups excluding carboxylic acids is 2. The molecule has 4 rings (SSSR count). The molecule has 31 heavy (non-hydrogen) atoms. The second kappa shape index (κ2) is 10.1. The van der Waals surface area contributed by atoms with E-state index in [9.17, 15) is 9.59 Å². The molecular weight excluding hydrogens is 416 g/mol. The van der Waals surface area contributed by atoms with E-state index >= 15 is 0 Å². The molecular formula is C20H24N8O2S. The highest BCUT2D eigenvalue weighted by Crippen LogP contribution is 2.31. The number of hydrogen-bond acceptors (Lipinski definition) is 7. The molecule has 0 unspecified atom stereocenters. The summed E-state index contributed by atoms with van der Waals surface area (Å²) in [6.07, 6.45) is 12.5. The maximum atomic E-state index is 13.0. The number of pyridine rings is 1. The molecule has 0 spiro atoms. The second-order valence-corrected chi connectivity index (χ2v) is 8.04. The van der Waals surface area contributed by atoms with Gasteiger partial charge >= 0.3 is 6.03 Å². The molecule has 0 aromatic carbocycles. The smallest absolute Gasteiger partial charge is 0.323 e. The molecule has 1 aliphatic rings. The van der Waals surface area contributed by atoms with Crippen LogP contribution in [0.2, 0.25) is 0 Å². The molecule has 1 aliphatic heterocycles. The number of urea groups is 1. The van der Waals surface area contributed by atoms with Gasteiger partial charge in [-0.2, -0.15) is 0 Å². The van der Waals surface area contributed by atoms with Crippen molar-refractivity contribution in [3.63, 3.8) is 0 Å². The number of aryl methyl sites for hydroxylation is 1. The number of nitrogens with zero attached hydrogens (tertiary/aromatic N) is 6. The minimum atomic E-state index is -0.350. The van der Waals surface area contributed by atoms with E-state index in [4.69, 9.17) is 0 Å². The Balaban J connectivity index is 1.35. The zero-order valence-electron chi connectivity index (χ0n) is 17.0. The van der Waals surface area contributed by atoms with Crippen molar-refractivity contribution in [3.8, 4) is 0 Å². The molecule has 4 heterocycles. The number of aromatic nitrogens is 5. The predicted molar refractivity (Wildman–Crippen MR) is 116 cm³/mol. The van der Waals surface area contributed by atoms with Crippen LogP contribution in [0.25, 0.3) is 0 Å². The molecule has 1 fully saturated rings. The lowest BCUT2D eigenvalue weighted by atomic mass is 9.97. The van der Waals surface area contributed by atoms with Crippen molar-refractivity contribution in [2.75, 3.05) is 18.4 Å². The lowest BCUT2D eigenvalue weighted by Crippen LogP contribution is -2.41. The van der Waals surface area contributed by atoms with Gasteiger partial charge in [0.15, 0.2) is 10.7 Å². The normalized spacial score (nSPS) is 16.1. The number of likely N-dealkylation sites (tertiary alicyclic amines) is 1. The van der Waals surface area contributed by atoms with E-state index in [2.05, 4.69) is 30.2 Å². The van der Waals surface area contributed by atoms with Crippen molar-refractivity contribution in [1.82, 2.24) is 34.3 Å². The third-order valence-corrected chi connectivity index (χ3v) is 5.84. The van der Waals surface area contributed by atoms with Crippen LogP contribution < -0.4 is 10.6 Å². The summed E-state index contributed by atoms with van der Waals surface area (Å²) in [5.74, 6) is -0.350. The van der Waals surface area contributed by atoms with E-state index in [1.165, 1.54) is 0 Å². The monoisotopic (exact) mass is 440 g/mol. The third kappa shape index (κ3) is 5.23. The molecule has 2 N–H and O–H groups in total. The summed E-state index contributed by atoms with van der Waals surface area (Å²) in [7, 11) is 0. The Kier molecular flexibility index (Phi) is 6.82. The van der Waals surface area contributed by atoms with E-state index in [0.29, 0.717) is 18.1 Å². The average Bonchev–Trinajstić information content (AvgIpc) is 3.49. The second-order valence-electron chi connectivity index (χ2n) is 7.28. The highest BCUT2D eigenvalue weighted by molar-refractivity contribution is 7.10. The maximum Gasteiger partial charge on any atom is 0.323 e. The molecule has 0 radical (unpaired) electrons. The molecule has 3 aromatic rings. The number of rotatable bonds is 7. The number of carbonyl (C=O) groups is 2. The van der Waals surface area contributed by atoms with E-state index < -0.39 is 0 Å². The van der Waals surface area contributed by atoms with Gasteiger partial charge in [0.2, 0.25) is 0 Å². The van der Waals surface area contributed by atoms with Gasteiger partial charge in [-0.15, -0.1) is 5.10 Å². The largest absolute Gasteiger partial charge is 0.350 e. The molecule has 1 atom stereocenters. The quantitative estimate of drug-likeness (QED) is 0.546. The van der Waals surface area contributed by atoms with Crippen LogP contribution in [0.3, 0.4) is 0 Å². The van der Waals surface area contributed by atoms with Crippen LogP contribution in [0.5, 0.6) is 0 Å². The molecule has 1 saturated heterocycles. The Bertz CT molecular complexity index is 992. The first kappa shape index (κ1) is 20.9. The summed E-state index contributed by atoms with van der Waals surface area (Å²) in [5, 5.41) is 9.95. The van der Waals surface area contributed by atoms with Crippen LogP contribution in [0.1, 0.15) is 47.8 Å². The lowest BCUT2D eigenvalue weighted by Gasteiger charge is -2.35. The Labute approximate surface area is 183 Å². The molecule has 3 aromatic heterocycles. The number of hydrogen-bond donors (Lipinski definition) is 2. The van der Waals surface area contributed by atoms with Gasteiger partial charge in [-0.1, -0.05) is 10.6 Å². The first-order valence-corrected chi connectivity index (χ1v) is 11.0. The van der Waals surface area contributed by atoms with E-state index in [-0.39, 0.29) is 23.7 Å². The van der Waals surface area contributed by atoms with E-state index in [1.54, 1.807) is 29.8 Å². The van der Waals surface area contributed by atoms with E-state index in [0.717, 1.165) is 49.3 Å². The molecule has 162 valence electrons. The minimum Gasteiger partial charge on any atom is -0.350 e. The van der Waals surface area contributed by atoms with E-state index in [1.807, 2.05) is 22.9 Å². The number of piperidine rings is 1. The van der Waals surface area contributed by atoms with Gasteiger partial charge in [0.1, 0.15) is 0 Å². The number of anilines is 1. The third-order valence-electron chi connectivity index (χ3n) is 5.19. The zero-order valence-corrected chi connectivity index (χ0v) is 17.8. The highest BCUT2D eigenvalue weighted by Gasteiger charge is 2.29. The fourth-order valence-corrected chi connectivity index (χ4v) is 4.21. The Hall–Kier alpha value is -3.34. The fourth-order valence-electron chi connectivity index (χ4n) is 3.65. The summed E-state index contributed by atoms with van der Waals surface area (Å²) in [4.78, 5) is 35.5. The molecule has 0 bridgehead atoms. The summed E-state index contributed by atoms with van der Waals surface area (Å²) in [6, 6.07) is 3.57. The topological polar surface area (TPSA) is 118 Å². The summed E-state index contributed by atoms with van der Waals surface area (Å²) in [5.41, 5.74) is 1.14. The standard InChI is InChI=1S/C20H24N8O2S/c29-18(23-8-4-10-27-12-9-22-14-27)17-19(31-26-25-17)24-20(30)28-11-2-1-6-16(28)15-5-3-7-21-13-15/h3,5,7,9,12-14,16H,1-2,4,6,8,10-11H2,(H,23,29)(H,24,30)/t16-/m0/s1. The van der Waals surface area contributed by atoms with Crippen molar-refractivity contribution < 1.29 is 9.59 Å². The molecule has 3 amide bonds. The van der Waals surface area contributed by atoms with Crippen molar-refractivity contribution in [2.45, 2.75) is 38.3 Å².